The van der Waals surface area contributed by atoms with Gasteiger partial charge < -0.3 is 0 Å². The zero-order valence-corrected chi connectivity index (χ0v) is 16.0. The third-order valence-electron chi connectivity index (χ3n) is 3.95. The summed E-state index contributed by atoms with van der Waals surface area (Å²) in [4.78, 5) is 4.63. The fraction of sp³-hybridized carbons (Fsp3) is 0.0526. The van der Waals surface area contributed by atoms with Gasteiger partial charge in [0.2, 0.25) is 0 Å². The summed E-state index contributed by atoms with van der Waals surface area (Å²) in [5.41, 5.74) is 2.99. The number of benzene rings is 2. The lowest BCUT2D eigenvalue weighted by Gasteiger charge is -2.10. The summed E-state index contributed by atoms with van der Waals surface area (Å²) in [6, 6.07) is 15.6. The molecule has 0 fully saturated rings. The second-order valence-electron chi connectivity index (χ2n) is 5.88. The molecule has 0 saturated carbocycles. The Labute approximate surface area is 161 Å². The van der Waals surface area contributed by atoms with E-state index in [0.717, 1.165) is 22.0 Å². The van der Waals surface area contributed by atoms with E-state index in [9.17, 15) is 8.42 Å². The highest BCUT2D eigenvalue weighted by atomic mass is 32.2. The Hall–Kier alpha value is -2.97. The van der Waals surface area contributed by atoms with Crippen molar-refractivity contribution in [1.29, 1.82) is 0 Å². The molecule has 0 atom stereocenters. The number of aromatic nitrogens is 3. The zero-order chi connectivity index (χ0) is 18.9. The minimum Gasteiger partial charge on any atom is -0.280 e. The van der Waals surface area contributed by atoms with E-state index in [0.29, 0.717) is 5.69 Å². The Morgan fingerprint density at radius 3 is 2.56 bits per heavy atom. The lowest BCUT2D eigenvalue weighted by molar-refractivity contribution is 0.601. The van der Waals surface area contributed by atoms with Crippen LogP contribution in [-0.4, -0.2) is 23.2 Å². The maximum atomic E-state index is 12.7. The highest BCUT2D eigenvalue weighted by Gasteiger charge is 2.15. The van der Waals surface area contributed by atoms with Crippen molar-refractivity contribution in [3.8, 4) is 16.9 Å². The molecule has 0 saturated heterocycles. The van der Waals surface area contributed by atoms with E-state index in [-0.39, 0.29) is 4.90 Å². The van der Waals surface area contributed by atoms with Crippen LogP contribution in [0.5, 0.6) is 0 Å². The van der Waals surface area contributed by atoms with Gasteiger partial charge in [-0.05, 0) is 49.4 Å². The Kier molecular flexibility index (Phi) is 4.51. The largest absolute Gasteiger partial charge is 0.280 e. The molecule has 2 heterocycles. The van der Waals surface area contributed by atoms with Gasteiger partial charge in [0, 0.05) is 29.0 Å². The van der Waals surface area contributed by atoms with E-state index in [2.05, 4.69) is 14.8 Å². The van der Waals surface area contributed by atoms with Crippen LogP contribution in [-0.2, 0) is 10.0 Å². The molecule has 0 aliphatic rings. The number of thiazole rings is 1. The summed E-state index contributed by atoms with van der Waals surface area (Å²) in [5.74, 6) is 0. The quantitative estimate of drug-likeness (QED) is 0.551. The van der Waals surface area contributed by atoms with Gasteiger partial charge in [0.05, 0.1) is 21.3 Å². The van der Waals surface area contributed by atoms with Gasteiger partial charge in [-0.15, -0.1) is 11.3 Å². The fourth-order valence-corrected chi connectivity index (χ4v) is 4.32. The summed E-state index contributed by atoms with van der Waals surface area (Å²) < 4.78 is 29.7. The fourth-order valence-electron chi connectivity index (χ4n) is 2.65. The zero-order valence-electron chi connectivity index (χ0n) is 14.4. The molecule has 0 aliphatic heterocycles. The molecule has 2 aromatic carbocycles. The number of nitrogens with zero attached hydrogens (tertiary/aromatic N) is 3. The summed E-state index contributed by atoms with van der Waals surface area (Å²) in [6.45, 7) is 1.94. The maximum Gasteiger partial charge on any atom is 0.261 e. The SMILES string of the molecule is Cc1nc(-c2cccc(NS(=O)(=O)c3ccc(-n4cccn4)cc3)c2)cs1. The van der Waals surface area contributed by atoms with Gasteiger partial charge in [-0.3, -0.25) is 4.72 Å². The van der Waals surface area contributed by atoms with E-state index >= 15 is 0 Å². The van der Waals surface area contributed by atoms with E-state index in [4.69, 9.17) is 0 Å². The smallest absolute Gasteiger partial charge is 0.261 e. The predicted octanol–water partition coefficient (Wildman–Crippen LogP) is 4.11. The van der Waals surface area contributed by atoms with Crippen LogP contribution >= 0.6 is 11.3 Å². The first-order valence-corrected chi connectivity index (χ1v) is 10.5. The minimum atomic E-state index is -3.69. The normalized spacial score (nSPS) is 11.4. The van der Waals surface area contributed by atoms with Crippen LogP contribution in [0, 0.1) is 6.92 Å². The van der Waals surface area contributed by atoms with Crippen LogP contribution < -0.4 is 4.72 Å². The minimum absolute atomic E-state index is 0.188. The standard InChI is InChI=1S/C19H16N4O2S2/c1-14-21-19(13-26-14)15-4-2-5-16(12-15)22-27(24,25)18-8-6-17(7-9-18)23-11-3-10-20-23/h2-13,22H,1H3. The third-order valence-corrected chi connectivity index (χ3v) is 6.12. The molecule has 0 unspecified atom stereocenters. The van der Waals surface area contributed by atoms with Crippen LogP contribution in [0.2, 0.25) is 0 Å². The highest BCUT2D eigenvalue weighted by Crippen LogP contribution is 2.25. The van der Waals surface area contributed by atoms with E-state index < -0.39 is 10.0 Å². The molecule has 0 bridgehead atoms. The van der Waals surface area contributed by atoms with Crippen molar-refractivity contribution < 1.29 is 8.42 Å². The van der Waals surface area contributed by atoms with E-state index in [1.54, 1.807) is 64.8 Å². The number of nitrogens with one attached hydrogen (secondary N) is 1. The van der Waals surface area contributed by atoms with Crippen molar-refractivity contribution in [2.75, 3.05) is 4.72 Å². The number of sulfonamides is 1. The average Bonchev–Trinajstić information content (AvgIpc) is 3.33. The van der Waals surface area contributed by atoms with E-state index in [1.807, 2.05) is 30.5 Å². The number of hydrogen-bond acceptors (Lipinski definition) is 5. The number of anilines is 1. The van der Waals surface area contributed by atoms with Crippen molar-refractivity contribution in [2.45, 2.75) is 11.8 Å². The molecule has 27 heavy (non-hydrogen) atoms. The molecule has 4 aromatic rings. The van der Waals surface area contributed by atoms with Crippen LogP contribution in [0.25, 0.3) is 16.9 Å². The lowest BCUT2D eigenvalue weighted by Crippen LogP contribution is -2.13. The maximum absolute atomic E-state index is 12.7. The molecular weight excluding hydrogens is 380 g/mol. The van der Waals surface area contributed by atoms with Gasteiger partial charge >= 0.3 is 0 Å². The number of aryl methyl sites for hydroxylation is 1. The number of hydrogen-bond donors (Lipinski definition) is 1. The van der Waals surface area contributed by atoms with Crippen LogP contribution in [0.3, 0.4) is 0 Å². The molecule has 4 rings (SSSR count). The molecule has 136 valence electrons. The second-order valence-corrected chi connectivity index (χ2v) is 8.63. The van der Waals surface area contributed by atoms with Gasteiger partial charge in [0.25, 0.3) is 10.0 Å². The second kappa shape index (κ2) is 6.98. The Morgan fingerprint density at radius 1 is 1.07 bits per heavy atom. The molecular formula is C19H16N4O2S2. The Balaban J connectivity index is 1.58. The van der Waals surface area contributed by atoms with Gasteiger partial charge in [0.15, 0.2) is 0 Å². The van der Waals surface area contributed by atoms with Gasteiger partial charge in [-0.2, -0.15) is 5.10 Å². The van der Waals surface area contributed by atoms with Crippen molar-refractivity contribution in [2.24, 2.45) is 0 Å². The molecule has 2 aromatic heterocycles. The van der Waals surface area contributed by atoms with E-state index in [1.165, 1.54) is 0 Å². The molecule has 1 N–H and O–H groups in total. The topological polar surface area (TPSA) is 76.9 Å². The Bertz CT molecular complexity index is 1160. The van der Waals surface area contributed by atoms with Crippen LogP contribution in [0.4, 0.5) is 5.69 Å². The van der Waals surface area contributed by atoms with Crippen LogP contribution in [0.1, 0.15) is 5.01 Å². The predicted molar refractivity (Wildman–Crippen MR) is 107 cm³/mol. The molecule has 8 heteroatoms. The molecule has 0 radical (unpaired) electrons. The van der Waals surface area contributed by atoms with Gasteiger partial charge in [-0.25, -0.2) is 18.1 Å². The Morgan fingerprint density at radius 2 is 1.89 bits per heavy atom. The summed E-state index contributed by atoms with van der Waals surface area (Å²) in [6.07, 6.45) is 3.47. The first-order valence-electron chi connectivity index (χ1n) is 8.17. The summed E-state index contributed by atoms with van der Waals surface area (Å²) >= 11 is 1.56. The molecule has 6 nitrogen and oxygen atoms in total. The van der Waals surface area contributed by atoms with Gasteiger partial charge in [0.1, 0.15) is 0 Å². The van der Waals surface area contributed by atoms with Crippen molar-refractivity contribution in [1.82, 2.24) is 14.8 Å². The lowest BCUT2D eigenvalue weighted by atomic mass is 10.1. The highest BCUT2D eigenvalue weighted by molar-refractivity contribution is 7.92. The van der Waals surface area contributed by atoms with Crippen LogP contribution in [0.15, 0.2) is 77.3 Å². The number of rotatable bonds is 5. The first kappa shape index (κ1) is 17.4. The van der Waals surface area contributed by atoms with Gasteiger partial charge in [-0.1, -0.05) is 12.1 Å². The monoisotopic (exact) mass is 396 g/mol. The molecule has 0 amide bonds. The third kappa shape index (κ3) is 3.76. The summed E-state index contributed by atoms with van der Waals surface area (Å²) in [7, 11) is -3.69. The first-order chi connectivity index (χ1) is 13.0. The molecule has 0 aliphatic carbocycles. The molecule has 0 spiro atoms. The van der Waals surface area contributed by atoms with Crippen molar-refractivity contribution in [3.63, 3.8) is 0 Å². The van der Waals surface area contributed by atoms with Crippen molar-refractivity contribution in [3.05, 3.63) is 77.4 Å². The summed E-state index contributed by atoms with van der Waals surface area (Å²) in [5, 5.41) is 7.05. The average molecular weight is 396 g/mol. The van der Waals surface area contributed by atoms with Crippen molar-refractivity contribution >= 4 is 27.0 Å².